The molecule has 4 rings (SSSR count). The van der Waals surface area contributed by atoms with Crippen LogP contribution in [0.2, 0.25) is 5.15 Å². The molecule has 0 saturated carbocycles. The highest BCUT2D eigenvalue weighted by atomic mass is 35.5. The molecule has 0 amide bonds. The van der Waals surface area contributed by atoms with E-state index in [9.17, 15) is 4.79 Å². The highest BCUT2D eigenvalue weighted by molar-refractivity contribution is 6.30. The van der Waals surface area contributed by atoms with E-state index in [1.54, 1.807) is 6.20 Å². The fraction of sp³-hybridized carbons (Fsp3) is 0.200. The first kappa shape index (κ1) is 11.0. The minimum atomic E-state index is 0.250. The molecular weight excluding hydrogens is 260 g/mol. The van der Waals surface area contributed by atoms with Gasteiger partial charge < -0.3 is 4.57 Å². The van der Waals surface area contributed by atoms with E-state index in [0.29, 0.717) is 11.6 Å². The van der Waals surface area contributed by atoms with Crippen molar-refractivity contribution in [2.45, 2.75) is 12.8 Å². The summed E-state index contributed by atoms with van der Waals surface area (Å²) in [7, 11) is 2.02. The normalized spacial score (nSPS) is 14.5. The van der Waals surface area contributed by atoms with Gasteiger partial charge in [-0.3, -0.25) is 4.79 Å². The Kier molecular flexibility index (Phi) is 2.07. The Morgan fingerprint density at radius 3 is 2.95 bits per heavy atom. The number of nitrogens with zero attached hydrogens (tertiary/aromatic N) is 2. The van der Waals surface area contributed by atoms with E-state index in [2.05, 4.69) is 9.55 Å². The molecule has 3 nitrogen and oxygen atoms in total. The molecule has 0 fully saturated rings. The van der Waals surface area contributed by atoms with Crippen molar-refractivity contribution in [3.63, 3.8) is 0 Å². The monoisotopic (exact) mass is 270 g/mol. The number of rotatable bonds is 0. The molecule has 0 bridgehead atoms. The zero-order chi connectivity index (χ0) is 13.1. The summed E-state index contributed by atoms with van der Waals surface area (Å²) in [5, 5.41) is 3.62. The number of aryl methyl sites for hydroxylation is 1. The number of carbonyl (C=O) groups is 1. The number of halogens is 1. The molecule has 4 heteroatoms. The van der Waals surface area contributed by atoms with Crippen molar-refractivity contribution in [2.75, 3.05) is 0 Å². The third-order valence-corrected chi connectivity index (χ3v) is 4.21. The molecule has 0 radical (unpaired) electrons. The van der Waals surface area contributed by atoms with Crippen molar-refractivity contribution < 1.29 is 4.79 Å². The van der Waals surface area contributed by atoms with Gasteiger partial charge in [0.25, 0.3) is 0 Å². The van der Waals surface area contributed by atoms with Gasteiger partial charge in [0.2, 0.25) is 0 Å². The fourth-order valence-corrected chi connectivity index (χ4v) is 3.32. The van der Waals surface area contributed by atoms with E-state index in [4.69, 9.17) is 11.6 Å². The number of hydrogen-bond acceptors (Lipinski definition) is 2. The van der Waals surface area contributed by atoms with Crippen LogP contribution in [-0.4, -0.2) is 15.3 Å². The second kappa shape index (κ2) is 3.58. The first-order chi connectivity index (χ1) is 9.16. The van der Waals surface area contributed by atoms with Crippen molar-refractivity contribution in [3.05, 3.63) is 40.8 Å². The van der Waals surface area contributed by atoms with Crippen LogP contribution in [0.3, 0.4) is 0 Å². The Hall–Kier alpha value is -1.87. The van der Waals surface area contributed by atoms with Crippen LogP contribution >= 0.6 is 11.6 Å². The highest BCUT2D eigenvalue weighted by Crippen LogP contribution is 2.36. The average Bonchev–Trinajstić information content (AvgIpc) is 2.90. The van der Waals surface area contributed by atoms with Crippen LogP contribution < -0.4 is 0 Å². The smallest absolute Gasteiger partial charge is 0.165 e. The summed E-state index contributed by atoms with van der Waals surface area (Å²) in [6.45, 7) is 0. The van der Waals surface area contributed by atoms with E-state index in [1.807, 2.05) is 25.2 Å². The molecule has 0 spiro atoms. The van der Waals surface area contributed by atoms with Crippen LogP contribution in [0.5, 0.6) is 0 Å². The molecule has 3 aromatic rings. The number of pyridine rings is 1. The Labute approximate surface area is 114 Å². The summed E-state index contributed by atoms with van der Waals surface area (Å²) >= 11 is 6.01. The lowest BCUT2D eigenvalue weighted by Crippen LogP contribution is -1.94. The van der Waals surface area contributed by atoms with Crippen molar-refractivity contribution >= 4 is 39.1 Å². The maximum absolute atomic E-state index is 12.0. The van der Waals surface area contributed by atoms with Crippen LogP contribution in [0.25, 0.3) is 21.7 Å². The van der Waals surface area contributed by atoms with Gasteiger partial charge in [0, 0.05) is 47.1 Å². The number of ketones is 1. The lowest BCUT2D eigenvalue weighted by molar-refractivity contribution is 0.0996. The molecule has 94 valence electrons. The predicted molar refractivity (Wildman–Crippen MR) is 75.9 cm³/mol. The summed E-state index contributed by atoms with van der Waals surface area (Å²) in [4.78, 5) is 16.2. The minimum absolute atomic E-state index is 0.250. The largest absolute Gasteiger partial charge is 0.346 e. The maximum Gasteiger partial charge on any atom is 0.165 e. The quantitative estimate of drug-likeness (QED) is 0.586. The SMILES string of the molecule is Cn1c2c(c3ccc4cnc(Cl)cc4c31)C(=O)CC2. The molecule has 0 saturated heterocycles. The number of aromatic nitrogens is 2. The standard InChI is InChI=1S/C15H11ClN2O/c1-18-11-4-5-12(19)14(11)9-3-2-8-7-17-13(16)6-10(8)15(9)18/h2-3,6-7H,4-5H2,1H3. The molecule has 2 heterocycles. The number of fused-ring (bicyclic) bond motifs is 5. The topological polar surface area (TPSA) is 34.9 Å². The number of benzene rings is 1. The highest BCUT2D eigenvalue weighted by Gasteiger charge is 2.27. The van der Waals surface area contributed by atoms with Crippen LogP contribution in [0.1, 0.15) is 22.5 Å². The lowest BCUT2D eigenvalue weighted by Gasteiger charge is -2.05. The van der Waals surface area contributed by atoms with Crippen LogP contribution in [0.15, 0.2) is 24.4 Å². The predicted octanol–water partition coefficient (Wildman–Crippen LogP) is 3.51. The minimum Gasteiger partial charge on any atom is -0.346 e. The molecule has 1 aliphatic carbocycles. The molecule has 0 atom stereocenters. The van der Waals surface area contributed by atoms with Crippen molar-refractivity contribution in [2.24, 2.45) is 7.05 Å². The van der Waals surface area contributed by atoms with Crippen LogP contribution in [0.4, 0.5) is 0 Å². The Balaban J connectivity index is 2.26. The summed E-state index contributed by atoms with van der Waals surface area (Å²) < 4.78 is 2.13. The molecule has 1 aromatic carbocycles. The molecular formula is C15H11ClN2O. The first-order valence-electron chi connectivity index (χ1n) is 6.25. The zero-order valence-corrected chi connectivity index (χ0v) is 11.2. The molecule has 0 unspecified atom stereocenters. The number of carbonyl (C=O) groups excluding carboxylic acids is 1. The third-order valence-electron chi connectivity index (χ3n) is 4.01. The van der Waals surface area contributed by atoms with E-state index in [0.717, 1.165) is 39.4 Å². The van der Waals surface area contributed by atoms with Gasteiger partial charge in [0.1, 0.15) is 5.15 Å². The second-order valence-corrected chi connectivity index (χ2v) is 5.38. The maximum atomic E-state index is 12.0. The molecule has 0 N–H and O–H groups in total. The van der Waals surface area contributed by atoms with Gasteiger partial charge in [0.15, 0.2) is 5.78 Å². The first-order valence-corrected chi connectivity index (χ1v) is 6.63. The van der Waals surface area contributed by atoms with Crippen molar-refractivity contribution in [1.82, 2.24) is 9.55 Å². The fourth-order valence-electron chi connectivity index (χ4n) is 3.16. The van der Waals surface area contributed by atoms with Gasteiger partial charge >= 0.3 is 0 Å². The Morgan fingerprint density at radius 2 is 2.11 bits per heavy atom. The van der Waals surface area contributed by atoms with Gasteiger partial charge in [-0.05, 0) is 12.5 Å². The van der Waals surface area contributed by atoms with E-state index >= 15 is 0 Å². The van der Waals surface area contributed by atoms with Gasteiger partial charge in [-0.25, -0.2) is 4.98 Å². The van der Waals surface area contributed by atoms with E-state index < -0.39 is 0 Å². The Morgan fingerprint density at radius 1 is 1.26 bits per heavy atom. The van der Waals surface area contributed by atoms with Crippen LogP contribution in [-0.2, 0) is 13.5 Å². The summed E-state index contributed by atoms with van der Waals surface area (Å²) in [6.07, 6.45) is 3.24. The second-order valence-electron chi connectivity index (χ2n) is 4.99. The van der Waals surface area contributed by atoms with Crippen molar-refractivity contribution in [1.29, 1.82) is 0 Å². The lowest BCUT2D eigenvalue weighted by atomic mass is 10.1. The summed E-state index contributed by atoms with van der Waals surface area (Å²) in [6, 6.07) is 5.90. The number of Topliss-reactive ketones (excluding diaryl/α,β-unsaturated/α-hetero) is 1. The molecule has 1 aliphatic rings. The van der Waals surface area contributed by atoms with Crippen molar-refractivity contribution in [3.8, 4) is 0 Å². The Bertz CT molecular complexity index is 864. The number of hydrogen-bond donors (Lipinski definition) is 0. The van der Waals surface area contributed by atoms with Gasteiger partial charge in [-0.1, -0.05) is 23.7 Å². The van der Waals surface area contributed by atoms with Gasteiger partial charge in [-0.2, -0.15) is 0 Å². The summed E-state index contributed by atoms with van der Waals surface area (Å²) in [5.74, 6) is 0.250. The van der Waals surface area contributed by atoms with Gasteiger partial charge in [-0.15, -0.1) is 0 Å². The van der Waals surface area contributed by atoms with Gasteiger partial charge in [0.05, 0.1) is 5.52 Å². The summed E-state index contributed by atoms with van der Waals surface area (Å²) in [5.41, 5.74) is 3.12. The average molecular weight is 271 g/mol. The van der Waals surface area contributed by atoms with E-state index in [1.165, 1.54) is 0 Å². The third kappa shape index (κ3) is 1.33. The van der Waals surface area contributed by atoms with E-state index in [-0.39, 0.29) is 5.78 Å². The zero-order valence-electron chi connectivity index (χ0n) is 10.4. The molecule has 2 aromatic heterocycles. The molecule has 19 heavy (non-hydrogen) atoms. The molecule has 0 aliphatic heterocycles. The van der Waals surface area contributed by atoms with Crippen LogP contribution in [0, 0.1) is 0 Å².